The molecule has 4 heteroatoms. The van der Waals surface area contributed by atoms with Crippen molar-refractivity contribution in [3.63, 3.8) is 0 Å². The molecule has 0 aliphatic rings. The van der Waals surface area contributed by atoms with Gasteiger partial charge in [-0.3, -0.25) is 0 Å². The fourth-order valence-corrected chi connectivity index (χ4v) is 0.572. The van der Waals surface area contributed by atoms with Crippen molar-refractivity contribution >= 4 is 5.69 Å². The van der Waals surface area contributed by atoms with Crippen molar-refractivity contribution in [2.45, 2.75) is 0 Å². The molecule has 52 valence electrons. The quantitative estimate of drug-likeness (QED) is 0.381. The third-order valence-corrected chi connectivity index (χ3v) is 1.02. The number of rotatable bonds is 2. The maximum atomic E-state index is 9.56. The van der Waals surface area contributed by atoms with Crippen molar-refractivity contribution in [2.75, 3.05) is 5.73 Å². The highest BCUT2D eigenvalue weighted by atomic mass is 16.7. The lowest BCUT2D eigenvalue weighted by atomic mass is 10.3. The summed E-state index contributed by atoms with van der Waals surface area (Å²) in [5.41, 5.74) is 5.98. The van der Waals surface area contributed by atoms with Gasteiger partial charge in [-0.1, -0.05) is 0 Å². The molecule has 1 rings (SSSR count). The summed E-state index contributed by atoms with van der Waals surface area (Å²) in [4.78, 5) is 13.8. The highest BCUT2D eigenvalue weighted by Gasteiger charge is 1.90. The minimum absolute atomic E-state index is 0.393. The second-order valence-corrected chi connectivity index (χ2v) is 1.73. The minimum atomic E-state index is 0.393. The fourth-order valence-electron chi connectivity index (χ4n) is 0.572. The van der Waals surface area contributed by atoms with Crippen LogP contribution in [-0.4, -0.2) is 0 Å². The summed E-state index contributed by atoms with van der Waals surface area (Å²) in [6.07, 6.45) is 0. The number of hydrogen-bond acceptors (Lipinski definition) is 4. The third kappa shape index (κ3) is 1.45. The van der Waals surface area contributed by atoms with Crippen LogP contribution in [0.3, 0.4) is 0 Å². The molecule has 0 amide bonds. The third-order valence-electron chi connectivity index (χ3n) is 1.02. The van der Waals surface area contributed by atoms with Gasteiger partial charge < -0.3 is 10.6 Å². The first kappa shape index (κ1) is 6.54. The molecular weight excluding hydrogens is 132 g/mol. The number of anilines is 1. The van der Waals surface area contributed by atoms with Gasteiger partial charge in [0, 0.05) is 5.69 Å². The van der Waals surface area contributed by atoms with Crippen molar-refractivity contribution in [1.82, 2.24) is 0 Å². The van der Waals surface area contributed by atoms with Crippen LogP contribution in [0, 0.1) is 4.91 Å². The van der Waals surface area contributed by atoms with E-state index in [-0.39, 0.29) is 0 Å². The van der Waals surface area contributed by atoms with E-state index >= 15 is 0 Å². The number of nitrogen functional groups attached to an aromatic ring is 1. The molecular formula is C6H6N2O2. The predicted molar refractivity (Wildman–Crippen MR) is 37.3 cm³/mol. The summed E-state index contributed by atoms with van der Waals surface area (Å²) in [6.45, 7) is 0. The Labute approximate surface area is 57.5 Å². The zero-order valence-corrected chi connectivity index (χ0v) is 5.15. The lowest BCUT2D eigenvalue weighted by Gasteiger charge is -1.93. The van der Waals surface area contributed by atoms with E-state index in [0.29, 0.717) is 11.4 Å². The van der Waals surface area contributed by atoms with Gasteiger partial charge in [0.25, 0.3) is 0 Å². The van der Waals surface area contributed by atoms with E-state index in [1.807, 2.05) is 0 Å². The van der Waals surface area contributed by atoms with Crippen LogP contribution in [0.25, 0.3) is 0 Å². The molecule has 0 aliphatic heterocycles. The molecule has 10 heavy (non-hydrogen) atoms. The maximum absolute atomic E-state index is 9.56. The van der Waals surface area contributed by atoms with Crippen LogP contribution in [0.2, 0.25) is 0 Å². The van der Waals surface area contributed by atoms with Crippen molar-refractivity contribution in [3.8, 4) is 5.75 Å². The number of hydrogen-bond donors (Lipinski definition) is 1. The van der Waals surface area contributed by atoms with Crippen molar-refractivity contribution in [1.29, 1.82) is 0 Å². The van der Waals surface area contributed by atoms with Crippen molar-refractivity contribution in [3.05, 3.63) is 29.2 Å². The highest BCUT2D eigenvalue weighted by molar-refractivity contribution is 5.41. The molecule has 0 unspecified atom stereocenters. The first-order valence-corrected chi connectivity index (χ1v) is 2.68. The molecule has 1 aromatic carbocycles. The van der Waals surface area contributed by atoms with E-state index in [4.69, 9.17) is 5.73 Å². The molecule has 0 atom stereocenters. The molecule has 0 spiro atoms. The molecule has 4 nitrogen and oxygen atoms in total. The van der Waals surface area contributed by atoms with Crippen LogP contribution in [-0.2, 0) is 0 Å². The normalized spacial score (nSPS) is 8.80. The molecule has 2 N–H and O–H groups in total. The first-order chi connectivity index (χ1) is 4.83. The Bertz CT molecular complexity index is 220. The predicted octanol–water partition coefficient (Wildman–Crippen LogP) is 1.33. The molecule has 0 radical (unpaired) electrons. The maximum Gasteiger partial charge on any atom is 0.161 e. The largest absolute Gasteiger partial charge is 0.399 e. The van der Waals surface area contributed by atoms with E-state index in [0.717, 1.165) is 0 Å². The van der Waals surface area contributed by atoms with Crippen LogP contribution in [0.4, 0.5) is 5.69 Å². The standard InChI is InChI=1S/C6H6N2O2/c7-5-1-3-6(4-2-5)10-8-9/h1-4H,7H2. The molecule has 0 aliphatic carbocycles. The van der Waals surface area contributed by atoms with Gasteiger partial charge in [-0.15, -0.1) is 4.91 Å². The number of nitrogens with zero attached hydrogens (tertiary/aromatic N) is 1. The van der Waals surface area contributed by atoms with Gasteiger partial charge in [0.2, 0.25) is 0 Å². The highest BCUT2D eigenvalue weighted by Crippen LogP contribution is 2.12. The lowest BCUT2D eigenvalue weighted by molar-refractivity contribution is 0.335. The van der Waals surface area contributed by atoms with Gasteiger partial charge >= 0.3 is 0 Å². The van der Waals surface area contributed by atoms with Crippen LogP contribution < -0.4 is 10.6 Å². The van der Waals surface area contributed by atoms with E-state index in [9.17, 15) is 4.91 Å². The van der Waals surface area contributed by atoms with Crippen molar-refractivity contribution < 1.29 is 4.84 Å². The molecule has 0 saturated carbocycles. The summed E-state index contributed by atoms with van der Waals surface area (Å²) in [5, 5.41) is 2.24. The smallest absolute Gasteiger partial charge is 0.161 e. The Balaban J connectivity index is 2.78. The Morgan fingerprint density at radius 2 is 1.90 bits per heavy atom. The van der Waals surface area contributed by atoms with Gasteiger partial charge in [-0.05, 0) is 24.3 Å². The van der Waals surface area contributed by atoms with Gasteiger partial charge in [-0.2, -0.15) is 0 Å². The number of benzene rings is 1. The topological polar surface area (TPSA) is 64.7 Å². The monoisotopic (exact) mass is 138 g/mol. The van der Waals surface area contributed by atoms with Crippen molar-refractivity contribution in [2.24, 2.45) is 5.34 Å². The lowest BCUT2D eigenvalue weighted by Crippen LogP contribution is -1.84. The van der Waals surface area contributed by atoms with Crippen LogP contribution in [0.15, 0.2) is 29.6 Å². The summed E-state index contributed by atoms with van der Waals surface area (Å²) in [6, 6.07) is 6.38. The summed E-state index contributed by atoms with van der Waals surface area (Å²) >= 11 is 0. The average molecular weight is 138 g/mol. The van der Waals surface area contributed by atoms with Crippen LogP contribution in [0.5, 0.6) is 5.75 Å². The zero-order valence-electron chi connectivity index (χ0n) is 5.15. The molecule has 1 aromatic rings. The van der Waals surface area contributed by atoms with E-state index in [1.165, 1.54) is 0 Å². The van der Waals surface area contributed by atoms with Crippen LogP contribution >= 0.6 is 0 Å². The van der Waals surface area contributed by atoms with Gasteiger partial charge in [0.05, 0.1) is 0 Å². The fraction of sp³-hybridized carbons (Fsp3) is 0. The zero-order chi connectivity index (χ0) is 7.40. The van der Waals surface area contributed by atoms with E-state index in [1.54, 1.807) is 24.3 Å². The first-order valence-electron chi connectivity index (χ1n) is 2.68. The second-order valence-electron chi connectivity index (χ2n) is 1.73. The van der Waals surface area contributed by atoms with Gasteiger partial charge in [0.15, 0.2) is 11.1 Å². The van der Waals surface area contributed by atoms with Gasteiger partial charge in [0.1, 0.15) is 0 Å². The summed E-state index contributed by atoms with van der Waals surface area (Å²) < 4.78 is 0. The Hall–Kier alpha value is -1.58. The molecule has 0 bridgehead atoms. The molecule has 0 saturated heterocycles. The SMILES string of the molecule is Nc1ccc(ON=O)cc1. The Kier molecular flexibility index (Phi) is 1.84. The summed E-state index contributed by atoms with van der Waals surface area (Å²) in [7, 11) is 0. The summed E-state index contributed by atoms with van der Waals surface area (Å²) in [5.74, 6) is 0.393. The molecule has 0 heterocycles. The molecule has 0 aromatic heterocycles. The average Bonchev–Trinajstić information content (AvgIpc) is 1.95. The van der Waals surface area contributed by atoms with Gasteiger partial charge in [-0.25, -0.2) is 0 Å². The molecule has 0 fully saturated rings. The van der Waals surface area contributed by atoms with E-state index in [2.05, 4.69) is 10.2 Å². The Morgan fingerprint density at radius 1 is 1.30 bits per heavy atom. The minimum Gasteiger partial charge on any atom is -0.399 e. The van der Waals surface area contributed by atoms with Crippen LogP contribution in [0.1, 0.15) is 0 Å². The Morgan fingerprint density at radius 3 is 2.40 bits per heavy atom. The number of nitrogens with two attached hydrogens (primary N) is 1. The second kappa shape index (κ2) is 2.82. The van der Waals surface area contributed by atoms with E-state index < -0.39 is 0 Å².